The molecule has 0 aromatic carbocycles. The van der Waals surface area contributed by atoms with Crippen LogP contribution in [0.15, 0.2) is 0 Å². The molecule has 1 atom stereocenters. The maximum absolute atomic E-state index is 10.4. The summed E-state index contributed by atoms with van der Waals surface area (Å²) in [6.45, 7) is 0.325. The van der Waals surface area contributed by atoms with E-state index in [2.05, 4.69) is 5.32 Å². The largest absolute Gasteiger partial charge is 0.444 e. The van der Waals surface area contributed by atoms with E-state index in [9.17, 15) is 4.79 Å². The van der Waals surface area contributed by atoms with E-state index in [0.717, 1.165) is 6.42 Å². The molecule has 0 saturated carbocycles. The highest BCUT2D eigenvalue weighted by Crippen LogP contribution is 2.04. The molecule has 1 aliphatic heterocycles. The highest BCUT2D eigenvalue weighted by Gasteiger charge is 2.20. The summed E-state index contributed by atoms with van der Waals surface area (Å²) in [4.78, 5) is 10.4. The zero-order chi connectivity index (χ0) is 5.98. The Morgan fingerprint density at radius 1 is 1.88 bits per heavy atom. The summed E-state index contributed by atoms with van der Waals surface area (Å²) >= 11 is 0. The van der Waals surface area contributed by atoms with Crippen LogP contribution in [0.1, 0.15) is 12.8 Å². The van der Waals surface area contributed by atoms with Crippen LogP contribution in [0.3, 0.4) is 0 Å². The maximum atomic E-state index is 10.4. The van der Waals surface area contributed by atoms with Gasteiger partial charge in [-0.15, -0.1) is 0 Å². The van der Waals surface area contributed by atoms with Gasteiger partial charge in [0.25, 0.3) is 0 Å². The van der Waals surface area contributed by atoms with Crippen molar-refractivity contribution < 1.29 is 9.90 Å². The number of carbonyl (C=O) groups is 1. The molecular formula is C5H10NO2+. The minimum absolute atomic E-state index is 0.0993. The van der Waals surface area contributed by atoms with E-state index in [1.165, 1.54) is 0 Å². The van der Waals surface area contributed by atoms with Crippen LogP contribution in [0.5, 0.6) is 0 Å². The van der Waals surface area contributed by atoms with E-state index in [-0.39, 0.29) is 11.9 Å². The first-order valence-corrected chi connectivity index (χ1v) is 2.77. The van der Waals surface area contributed by atoms with Crippen molar-refractivity contribution in [2.45, 2.75) is 18.9 Å². The Hall–Kier alpha value is -0.570. The molecule has 1 heterocycles. The number of amides is 1. The van der Waals surface area contributed by atoms with Gasteiger partial charge < -0.3 is 10.4 Å². The van der Waals surface area contributed by atoms with E-state index in [1.54, 1.807) is 0 Å². The van der Waals surface area contributed by atoms with Crippen molar-refractivity contribution in [3.8, 4) is 0 Å². The Kier molecular flexibility index (Phi) is 1.48. The van der Waals surface area contributed by atoms with Crippen molar-refractivity contribution in [2.75, 3.05) is 6.61 Å². The third kappa shape index (κ3) is 0.980. The third-order valence-electron chi connectivity index (χ3n) is 1.33. The fourth-order valence-corrected chi connectivity index (χ4v) is 0.830. The molecule has 46 valence electrons. The lowest BCUT2D eigenvalue weighted by Crippen LogP contribution is -2.28. The molecule has 1 amide bonds. The summed E-state index contributed by atoms with van der Waals surface area (Å²) in [5.41, 5.74) is 0. The average molecular weight is 116 g/mol. The second kappa shape index (κ2) is 2.13. The van der Waals surface area contributed by atoms with Crippen LogP contribution in [0, 0.1) is 0 Å². The fraction of sp³-hybridized carbons (Fsp3) is 0.800. The molecule has 0 bridgehead atoms. The third-order valence-corrected chi connectivity index (χ3v) is 1.33. The van der Waals surface area contributed by atoms with Crippen LogP contribution in [0.25, 0.3) is 0 Å². The number of carbonyl (C=O) groups excluding carboxylic acids is 1. The van der Waals surface area contributed by atoms with Gasteiger partial charge in [0.1, 0.15) is 0 Å². The normalized spacial score (nSPS) is 28.1. The Balaban J connectivity index is 2.32. The summed E-state index contributed by atoms with van der Waals surface area (Å²) < 4.78 is 0. The number of nitrogens with one attached hydrogen (secondary N) is 1. The predicted molar refractivity (Wildman–Crippen MR) is 29.6 cm³/mol. The number of rotatable bonds is 1. The van der Waals surface area contributed by atoms with Crippen LogP contribution >= 0.6 is 0 Å². The molecule has 3 N–H and O–H groups in total. The van der Waals surface area contributed by atoms with Crippen molar-refractivity contribution in [1.29, 1.82) is 0 Å². The second-order valence-electron chi connectivity index (χ2n) is 2.01. The van der Waals surface area contributed by atoms with Crippen molar-refractivity contribution in [3.05, 3.63) is 0 Å². The van der Waals surface area contributed by atoms with Gasteiger partial charge in [-0.2, -0.15) is 0 Å². The molecule has 1 unspecified atom stereocenters. The zero-order valence-electron chi connectivity index (χ0n) is 4.61. The van der Waals surface area contributed by atoms with Gasteiger partial charge in [0.2, 0.25) is 5.91 Å². The van der Waals surface area contributed by atoms with Gasteiger partial charge in [-0.3, -0.25) is 4.79 Å². The molecule has 3 nitrogen and oxygen atoms in total. The molecule has 0 radical (unpaired) electrons. The Labute approximate surface area is 47.7 Å². The summed E-state index contributed by atoms with van der Waals surface area (Å²) in [6, 6.07) is 0.141. The van der Waals surface area contributed by atoms with Gasteiger partial charge in [0.05, 0.1) is 6.04 Å². The zero-order valence-corrected chi connectivity index (χ0v) is 4.61. The number of hydrogen-bond donors (Lipinski definition) is 1. The topological polar surface area (TPSA) is 52.0 Å². The first-order chi connectivity index (χ1) is 3.83. The first kappa shape index (κ1) is 5.56. The molecule has 1 rings (SSSR count). The van der Waals surface area contributed by atoms with Crippen LogP contribution < -0.4 is 5.32 Å². The van der Waals surface area contributed by atoms with Crippen molar-refractivity contribution in [1.82, 2.24) is 5.32 Å². The molecular weight excluding hydrogens is 106 g/mol. The van der Waals surface area contributed by atoms with E-state index in [1.807, 2.05) is 0 Å². The molecule has 0 spiro atoms. The van der Waals surface area contributed by atoms with Gasteiger partial charge >= 0.3 is 0 Å². The molecule has 3 heteroatoms. The lowest BCUT2D eigenvalue weighted by atomic mass is 10.2. The Morgan fingerprint density at radius 3 is 2.88 bits per heavy atom. The average Bonchev–Trinajstić information content (AvgIpc) is 2.14. The Morgan fingerprint density at radius 2 is 2.62 bits per heavy atom. The summed E-state index contributed by atoms with van der Waals surface area (Å²) in [7, 11) is 0. The molecule has 1 aliphatic rings. The number of hydrogen-bond acceptors (Lipinski definition) is 1. The quantitative estimate of drug-likeness (QED) is 0.438. The van der Waals surface area contributed by atoms with E-state index < -0.39 is 0 Å². The Bertz CT molecular complexity index is 103. The van der Waals surface area contributed by atoms with Crippen LogP contribution in [0.2, 0.25) is 0 Å². The van der Waals surface area contributed by atoms with Gasteiger partial charge in [0, 0.05) is 6.42 Å². The van der Waals surface area contributed by atoms with E-state index in [0.29, 0.717) is 13.0 Å². The maximum Gasteiger partial charge on any atom is 0.220 e. The van der Waals surface area contributed by atoms with Crippen molar-refractivity contribution in [3.63, 3.8) is 0 Å². The van der Waals surface area contributed by atoms with E-state index in [4.69, 9.17) is 5.11 Å². The minimum Gasteiger partial charge on any atom is -0.444 e. The molecule has 0 aromatic rings. The summed E-state index contributed by atoms with van der Waals surface area (Å²) in [5, 5.41) is 9.55. The highest BCUT2D eigenvalue weighted by atomic mass is 16.3. The van der Waals surface area contributed by atoms with Gasteiger partial charge in [-0.1, -0.05) is 0 Å². The smallest absolute Gasteiger partial charge is 0.220 e. The second-order valence-corrected chi connectivity index (χ2v) is 2.01. The molecule has 8 heavy (non-hydrogen) atoms. The summed E-state index contributed by atoms with van der Waals surface area (Å²) in [6.07, 6.45) is 1.46. The lowest BCUT2D eigenvalue weighted by molar-refractivity contribution is -0.119. The monoisotopic (exact) mass is 116 g/mol. The van der Waals surface area contributed by atoms with Gasteiger partial charge in [-0.25, -0.2) is 0 Å². The van der Waals surface area contributed by atoms with Crippen LogP contribution in [0.4, 0.5) is 0 Å². The van der Waals surface area contributed by atoms with Crippen LogP contribution in [-0.2, 0) is 4.79 Å². The fourth-order valence-electron chi connectivity index (χ4n) is 0.830. The van der Waals surface area contributed by atoms with Gasteiger partial charge in [-0.05, 0) is 6.42 Å². The minimum atomic E-state index is 0.0993. The van der Waals surface area contributed by atoms with Gasteiger partial charge in [0.15, 0.2) is 6.61 Å². The SMILES string of the molecule is O=C1CCC(C[OH2+])N1. The molecule has 0 aromatic heterocycles. The molecule has 0 aliphatic carbocycles. The molecule has 1 fully saturated rings. The highest BCUT2D eigenvalue weighted by molar-refractivity contribution is 5.78. The summed E-state index contributed by atoms with van der Waals surface area (Å²) in [5.74, 6) is 0.0993. The molecule has 1 saturated heterocycles. The van der Waals surface area contributed by atoms with Crippen molar-refractivity contribution >= 4 is 5.91 Å². The van der Waals surface area contributed by atoms with Crippen molar-refractivity contribution in [2.24, 2.45) is 0 Å². The lowest BCUT2D eigenvalue weighted by Gasteiger charge is -1.98. The van der Waals surface area contributed by atoms with E-state index >= 15 is 0 Å². The van der Waals surface area contributed by atoms with Crippen LogP contribution in [-0.4, -0.2) is 23.7 Å². The standard InChI is InChI=1S/C5H9NO2/c7-3-4-1-2-5(8)6-4/h4,7H,1-3H2,(H,6,8)/p+1. The predicted octanol–water partition coefficient (Wildman–Crippen LogP) is -1.01. The first-order valence-electron chi connectivity index (χ1n) is 2.77.